The van der Waals surface area contributed by atoms with Gasteiger partial charge in [0.2, 0.25) is 5.91 Å². The van der Waals surface area contributed by atoms with Crippen LogP contribution in [0.5, 0.6) is 0 Å². The van der Waals surface area contributed by atoms with Gasteiger partial charge >= 0.3 is 5.97 Å². The number of ether oxygens (including phenoxy) is 1. The molecule has 0 unspecified atom stereocenters. The lowest BCUT2D eigenvalue weighted by Gasteiger charge is -2.29. The molecule has 2 aliphatic rings. The minimum atomic E-state index is -1.06. The van der Waals surface area contributed by atoms with Crippen LogP contribution in [-0.2, 0) is 20.7 Å². The van der Waals surface area contributed by atoms with E-state index >= 15 is 0 Å². The molecule has 5 rings (SSSR count). The molecule has 2 fully saturated rings. The molecular weight excluding hydrogens is 477 g/mol. The summed E-state index contributed by atoms with van der Waals surface area (Å²) in [6.45, 7) is 2.30. The molecule has 0 bridgehead atoms. The monoisotopic (exact) mass is 509 g/mol. The Labute approximate surface area is 214 Å². The Bertz CT molecular complexity index is 1240. The van der Waals surface area contributed by atoms with Gasteiger partial charge in [-0.05, 0) is 61.9 Å². The van der Waals surface area contributed by atoms with Crippen LogP contribution in [0, 0.1) is 12.8 Å². The maximum atomic E-state index is 14.3. The third-order valence-electron chi connectivity index (χ3n) is 7.41. The van der Waals surface area contributed by atoms with Crippen molar-refractivity contribution in [2.45, 2.75) is 63.8 Å². The molecule has 1 saturated carbocycles. The van der Waals surface area contributed by atoms with Gasteiger partial charge in [-0.3, -0.25) is 9.59 Å². The largest absolute Gasteiger partial charge is 0.481 e. The van der Waals surface area contributed by atoms with Crippen LogP contribution in [0.25, 0.3) is 11.1 Å². The van der Waals surface area contributed by atoms with E-state index in [0.717, 1.165) is 22.3 Å². The van der Waals surface area contributed by atoms with Gasteiger partial charge in [0.15, 0.2) is 5.58 Å². The molecule has 2 aromatic carbocycles. The normalized spacial score (nSPS) is 23.9. The van der Waals surface area contributed by atoms with E-state index in [9.17, 15) is 14.0 Å². The molecule has 1 aliphatic carbocycles. The maximum absolute atomic E-state index is 14.3. The topological polar surface area (TPSA) is 105 Å². The van der Waals surface area contributed by atoms with Crippen LogP contribution >= 0.6 is 0 Å². The number of carbonyl (C=O) groups excluding carboxylic acids is 1. The van der Waals surface area contributed by atoms with Crippen LogP contribution < -0.4 is 5.32 Å². The molecular formula is C28H32FN3O5. The molecule has 1 aromatic heterocycles. The molecule has 0 spiro atoms. The number of carbonyl (C=O) groups is 2. The number of oxazole rings is 1. The Hall–Kier alpha value is -3.46. The fourth-order valence-corrected chi connectivity index (χ4v) is 5.34. The molecule has 2 atom stereocenters. The lowest BCUT2D eigenvalue weighted by atomic mass is 9.87. The number of aryl methyl sites for hydroxylation is 1. The van der Waals surface area contributed by atoms with Crippen LogP contribution in [0.15, 0.2) is 46.9 Å². The fraction of sp³-hybridized carbons (Fsp3) is 0.464. The van der Waals surface area contributed by atoms with Crippen molar-refractivity contribution in [2.24, 2.45) is 5.92 Å². The average molecular weight is 510 g/mol. The second kappa shape index (κ2) is 10.9. The van der Waals surface area contributed by atoms with Gasteiger partial charge in [-0.2, -0.15) is 4.98 Å². The Morgan fingerprint density at radius 3 is 2.70 bits per heavy atom. The molecule has 196 valence electrons. The van der Waals surface area contributed by atoms with Crippen molar-refractivity contribution in [1.82, 2.24) is 9.88 Å². The molecule has 1 aliphatic heterocycles. The summed E-state index contributed by atoms with van der Waals surface area (Å²) in [7, 11) is 0. The fourth-order valence-electron chi connectivity index (χ4n) is 5.34. The molecule has 9 heteroatoms. The number of benzene rings is 2. The lowest BCUT2D eigenvalue weighted by Crippen LogP contribution is -2.40. The number of nitrogens with one attached hydrogen (secondary N) is 1. The highest BCUT2D eigenvalue weighted by molar-refractivity contribution is 5.80. The second-order valence-electron chi connectivity index (χ2n) is 10.1. The predicted molar refractivity (Wildman–Crippen MR) is 137 cm³/mol. The molecule has 2 N–H and O–H groups in total. The molecule has 2 heterocycles. The van der Waals surface area contributed by atoms with E-state index < -0.39 is 12.1 Å². The Morgan fingerprint density at radius 1 is 1.19 bits per heavy atom. The summed E-state index contributed by atoms with van der Waals surface area (Å²) in [5.74, 6) is -1.18. The highest BCUT2D eigenvalue weighted by Crippen LogP contribution is 2.29. The first kappa shape index (κ1) is 25.2. The number of rotatable bonds is 8. The van der Waals surface area contributed by atoms with E-state index in [1.54, 1.807) is 4.90 Å². The van der Waals surface area contributed by atoms with Gasteiger partial charge in [-0.1, -0.05) is 24.3 Å². The zero-order valence-corrected chi connectivity index (χ0v) is 20.9. The van der Waals surface area contributed by atoms with E-state index in [0.29, 0.717) is 37.3 Å². The molecule has 1 saturated heterocycles. The van der Waals surface area contributed by atoms with E-state index in [-0.39, 0.29) is 50.0 Å². The molecule has 0 radical (unpaired) electrons. The number of hydrogen-bond donors (Lipinski definition) is 2. The van der Waals surface area contributed by atoms with Crippen LogP contribution in [-0.4, -0.2) is 58.3 Å². The summed E-state index contributed by atoms with van der Waals surface area (Å²) in [6.07, 6.45) is 1.89. The number of carboxylic acid groups (broad SMARTS) is 1. The van der Waals surface area contributed by atoms with Crippen molar-refractivity contribution in [1.29, 1.82) is 0 Å². The van der Waals surface area contributed by atoms with E-state index in [4.69, 9.17) is 14.3 Å². The molecule has 37 heavy (non-hydrogen) atoms. The summed E-state index contributed by atoms with van der Waals surface area (Å²) >= 11 is 0. The number of aromatic nitrogens is 1. The summed E-state index contributed by atoms with van der Waals surface area (Å²) in [6, 6.07) is 13.3. The number of amides is 1. The zero-order valence-electron chi connectivity index (χ0n) is 20.9. The minimum Gasteiger partial charge on any atom is -0.481 e. The van der Waals surface area contributed by atoms with Crippen molar-refractivity contribution in [3.8, 4) is 0 Å². The number of hydrogen-bond acceptors (Lipinski definition) is 6. The van der Waals surface area contributed by atoms with Gasteiger partial charge in [0.25, 0.3) is 6.01 Å². The quantitative estimate of drug-likeness (QED) is 0.439. The summed E-state index contributed by atoms with van der Waals surface area (Å²) < 4.78 is 26.0. The van der Waals surface area contributed by atoms with Crippen molar-refractivity contribution >= 4 is 34.7 Å². The number of halogens is 1. The van der Waals surface area contributed by atoms with Crippen molar-refractivity contribution in [3.63, 3.8) is 0 Å². The number of para-hydroxylation sites is 2. The van der Waals surface area contributed by atoms with E-state index in [1.807, 2.05) is 49.4 Å². The third-order valence-corrected chi connectivity index (χ3v) is 7.41. The zero-order chi connectivity index (χ0) is 25.9. The van der Waals surface area contributed by atoms with Gasteiger partial charge in [-0.15, -0.1) is 0 Å². The number of likely N-dealkylation sites (tertiary alicyclic amines) is 1. The van der Waals surface area contributed by atoms with Crippen LogP contribution in [0.1, 0.15) is 43.2 Å². The highest BCUT2D eigenvalue weighted by Gasteiger charge is 2.36. The van der Waals surface area contributed by atoms with Gasteiger partial charge in [-0.25, -0.2) is 4.39 Å². The minimum absolute atomic E-state index is 0.0323. The Morgan fingerprint density at radius 2 is 1.97 bits per heavy atom. The third kappa shape index (κ3) is 5.93. The van der Waals surface area contributed by atoms with Crippen LogP contribution in [0.2, 0.25) is 0 Å². The first-order valence-corrected chi connectivity index (χ1v) is 12.9. The number of alkyl halides is 1. The first-order chi connectivity index (χ1) is 17.9. The van der Waals surface area contributed by atoms with Crippen LogP contribution in [0.4, 0.5) is 16.1 Å². The van der Waals surface area contributed by atoms with Crippen LogP contribution in [0.3, 0.4) is 0 Å². The predicted octanol–water partition coefficient (Wildman–Crippen LogP) is 5.02. The van der Waals surface area contributed by atoms with Crippen molar-refractivity contribution in [3.05, 3.63) is 53.6 Å². The Balaban J connectivity index is 1.17. The van der Waals surface area contributed by atoms with Crippen molar-refractivity contribution in [2.75, 3.05) is 18.5 Å². The number of aliphatic carboxylic acids is 1. The SMILES string of the molecule is Cc1cc(CC(=O)N2C[C@@H](F)C[C@H]2COC2CCC(C(=O)O)CC2)ccc1Nc1nc2ccccc2o1. The molecule has 8 nitrogen and oxygen atoms in total. The number of carboxylic acids is 1. The number of nitrogens with zero attached hydrogens (tertiary/aromatic N) is 2. The highest BCUT2D eigenvalue weighted by atomic mass is 19.1. The van der Waals surface area contributed by atoms with Gasteiger partial charge in [0.1, 0.15) is 11.7 Å². The summed E-state index contributed by atoms with van der Waals surface area (Å²) in [5.41, 5.74) is 4.09. The summed E-state index contributed by atoms with van der Waals surface area (Å²) in [4.78, 5) is 30.3. The van der Waals surface area contributed by atoms with Crippen molar-refractivity contribution < 1.29 is 28.2 Å². The first-order valence-electron chi connectivity index (χ1n) is 12.9. The standard InChI is InChI=1S/C28H32FN3O5/c1-17-12-18(6-11-23(17)30-28-31-24-4-2-3-5-25(24)37-28)13-26(33)32-15-20(29)14-21(32)16-36-22-9-7-19(8-10-22)27(34)35/h2-6,11-12,19-22H,7-10,13-16H2,1H3,(H,30,31)(H,34,35)/t19?,20-,21-,22?/m0/s1. The smallest absolute Gasteiger partial charge is 0.306 e. The van der Waals surface area contributed by atoms with E-state index in [2.05, 4.69) is 10.3 Å². The lowest BCUT2D eigenvalue weighted by molar-refractivity contribution is -0.144. The van der Waals surface area contributed by atoms with Gasteiger partial charge in [0.05, 0.1) is 37.6 Å². The molecule has 3 aromatic rings. The number of fused-ring (bicyclic) bond motifs is 1. The van der Waals surface area contributed by atoms with Gasteiger partial charge < -0.3 is 24.5 Å². The average Bonchev–Trinajstić information content (AvgIpc) is 3.47. The van der Waals surface area contributed by atoms with E-state index in [1.165, 1.54) is 0 Å². The maximum Gasteiger partial charge on any atom is 0.306 e. The summed E-state index contributed by atoms with van der Waals surface area (Å²) in [5, 5.41) is 12.4. The van der Waals surface area contributed by atoms with Gasteiger partial charge in [0, 0.05) is 12.1 Å². The Kier molecular flexibility index (Phi) is 7.41. The second-order valence-corrected chi connectivity index (χ2v) is 10.1. The molecule has 1 amide bonds. The number of anilines is 2.